The van der Waals surface area contributed by atoms with Crippen LogP contribution in [0.1, 0.15) is 36.1 Å². The molecule has 1 aliphatic heterocycles. The van der Waals surface area contributed by atoms with Crippen LogP contribution in [0.3, 0.4) is 0 Å². The fourth-order valence-corrected chi connectivity index (χ4v) is 3.94. The second-order valence-electron chi connectivity index (χ2n) is 7.39. The zero-order valence-corrected chi connectivity index (χ0v) is 16.6. The first-order chi connectivity index (χ1) is 13.6. The van der Waals surface area contributed by atoms with Gasteiger partial charge in [-0.15, -0.1) is 0 Å². The van der Waals surface area contributed by atoms with Crippen LogP contribution >= 0.6 is 0 Å². The molecule has 1 amide bonds. The van der Waals surface area contributed by atoms with E-state index in [1.165, 1.54) is 11.1 Å². The molecule has 0 unspecified atom stereocenters. The number of benzene rings is 2. The second kappa shape index (κ2) is 9.67. The number of carbonyl (C=O) groups excluding carboxylic acids is 1. The van der Waals surface area contributed by atoms with E-state index in [1.807, 2.05) is 47.4 Å². The van der Waals surface area contributed by atoms with Crippen molar-refractivity contribution in [1.29, 1.82) is 0 Å². The summed E-state index contributed by atoms with van der Waals surface area (Å²) in [5.74, 6) is 0.196. The fourth-order valence-electron chi connectivity index (χ4n) is 3.94. The van der Waals surface area contributed by atoms with E-state index in [1.54, 1.807) is 7.11 Å². The van der Waals surface area contributed by atoms with Gasteiger partial charge in [-0.1, -0.05) is 73.7 Å². The highest BCUT2D eigenvalue weighted by molar-refractivity contribution is 5.78. The van der Waals surface area contributed by atoms with Crippen LogP contribution in [0, 0.1) is 5.92 Å². The Balaban J connectivity index is 1.62. The molecule has 4 heteroatoms. The van der Waals surface area contributed by atoms with E-state index in [9.17, 15) is 9.90 Å². The Bertz CT molecular complexity index is 803. The number of carbonyl (C=O) groups is 1. The molecule has 0 saturated carbocycles. The van der Waals surface area contributed by atoms with Crippen molar-refractivity contribution in [2.75, 3.05) is 13.7 Å². The molecule has 0 saturated heterocycles. The molecule has 1 aliphatic rings. The third-order valence-electron chi connectivity index (χ3n) is 5.48. The number of nitrogens with zero attached hydrogens (tertiary/aromatic N) is 1. The first-order valence-electron chi connectivity index (χ1n) is 9.85. The smallest absolute Gasteiger partial charge is 0.227 e. The van der Waals surface area contributed by atoms with Gasteiger partial charge in [0.25, 0.3) is 0 Å². The molecule has 0 aliphatic carbocycles. The van der Waals surface area contributed by atoms with Gasteiger partial charge < -0.3 is 14.7 Å². The van der Waals surface area contributed by atoms with E-state index in [2.05, 4.69) is 31.2 Å². The summed E-state index contributed by atoms with van der Waals surface area (Å²) in [6.45, 7) is 2.64. The maximum absolute atomic E-state index is 12.8. The standard InChI is InChI=1S/C24H29NO3/c1-18(24(28-2)19-10-4-3-5-11-19)9-8-14-23(27)25-16-21-13-7-6-12-20(21)15-22(25)17-26/h3-13,18,22,24,26H,14-17H2,1-2H3/b9-8+/t18-,22-,24+/m0/s1. The van der Waals surface area contributed by atoms with E-state index in [0.717, 1.165) is 5.56 Å². The van der Waals surface area contributed by atoms with E-state index in [-0.39, 0.29) is 30.6 Å². The van der Waals surface area contributed by atoms with Crippen LogP contribution in [-0.4, -0.2) is 35.7 Å². The number of hydrogen-bond donors (Lipinski definition) is 1. The minimum Gasteiger partial charge on any atom is -0.394 e. The van der Waals surface area contributed by atoms with Crippen molar-refractivity contribution in [2.45, 2.75) is 38.5 Å². The normalized spacial score (nSPS) is 18.7. The van der Waals surface area contributed by atoms with Crippen LogP contribution in [0.5, 0.6) is 0 Å². The van der Waals surface area contributed by atoms with Crippen LogP contribution in [-0.2, 0) is 22.5 Å². The van der Waals surface area contributed by atoms with E-state index in [0.29, 0.717) is 19.4 Å². The lowest BCUT2D eigenvalue weighted by molar-refractivity contribution is -0.134. The zero-order chi connectivity index (χ0) is 19.9. The van der Waals surface area contributed by atoms with Gasteiger partial charge in [-0.25, -0.2) is 0 Å². The average molecular weight is 380 g/mol. The molecule has 4 nitrogen and oxygen atoms in total. The molecular weight excluding hydrogens is 350 g/mol. The van der Waals surface area contributed by atoms with Crippen molar-refractivity contribution in [3.05, 3.63) is 83.4 Å². The summed E-state index contributed by atoms with van der Waals surface area (Å²) in [6, 6.07) is 18.1. The third kappa shape index (κ3) is 4.70. The van der Waals surface area contributed by atoms with Gasteiger partial charge in [0.05, 0.1) is 18.8 Å². The number of ether oxygens (including phenoxy) is 1. The number of amides is 1. The van der Waals surface area contributed by atoms with Gasteiger partial charge in [0, 0.05) is 26.0 Å². The third-order valence-corrected chi connectivity index (χ3v) is 5.48. The Morgan fingerprint density at radius 3 is 2.54 bits per heavy atom. The lowest BCUT2D eigenvalue weighted by Crippen LogP contribution is -2.46. The molecule has 3 rings (SSSR count). The van der Waals surface area contributed by atoms with Gasteiger partial charge in [0.1, 0.15) is 0 Å². The summed E-state index contributed by atoms with van der Waals surface area (Å²) in [5, 5.41) is 9.75. The average Bonchev–Trinajstić information content (AvgIpc) is 2.74. The van der Waals surface area contributed by atoms with Crippen LogP contribution in [0.2, 0.25) is 0 Å². The minimum absolute atomic E-state index is 0.0139. The highest BCUT2D eigenvalue weighted by Gasteiger charge is 2.28. The van der Waals surface area contributed by atoms with E-state index in [4.69, 9.17) is 4.74 Å². The van der Waals surface area contributed by atoms with Gasteiger partial charge in [-0.05, 0) is 23.1 Å². The molecule has 0 bridgehead atoms. The predicted molar refractivity (Wildman–Crippen MR) is 111 cm³/mol. The van der Waals surface area contributed by atoms with Crippen LogP contribution in [0.4, 0.5) is 0 Å². The Morgan fingerprint density at radius 1 is 1.18 bits per heavy atom. The number of aliphatic hydroxyl groups is 1. The number of hydrogen-bond acceptors (Lipinski definition) is 3. The number of aliphatic hydroxyl groups excluding tert-OH is 1. The Kier molecular flexibility index (Phi) is 7.01. The van der Waals surface area contributed by atoms with Gasteiger partial charge >= 0.3 is 0 Å². The van der Waals surface area contributed by atoms with Crippen molar-refractivity contribution >= 4 is 5.91 Å². The molecule has 0 radical (unpaired) electrons. The molecule has 3 atom stereocenters. The van der Waals surface area contributed by atoms with Gasteiger partial charge in [-0.3, -0.25) is 4.79 Å². The van der Waals surface area contributed by atoms with E-state index < -0.39 is 0 Å². The van der Waals surface area contributed by atoms with Crippen LogP contribution < -0.4 is 0 Å². The molecule has 148 valence electrons. The molecular formula is C24H29NO3. The van der Waals surface area contributed by atoms with Crippen molar-refractivity contribution in [1.82, 2.24) is 4.90 Å². The van der Waals surface area contributed by atoms with Crippen molar-refractivity contribution < 1.29 is 14.6 Å². The fraction of sp³-hybridized carbons (Fsp3) is 0.375. The highest BCUT2D eigenvalue weighted by atomic mass is 16.5. The molecule has 0 fully saturated rings. The molecule has 0 spiro atoms. The maximum atomic E-state index is 12.8. The molecule has 0 aromatic heterocycles. The van der Waals surface area contributed by atoms with Crippen LogP contribution in [0.25, 0.3) is 0 Å². The lowest BCUT2D eigenvalue weighted by Gasteiger charge is -2.36. The largest absolute Gasteiger partial charge is 0.394 e. The van der Waals surface area contributed by atoms with Gasteiger partial charge in [0.15, 0.2) is 0 Å². The monoisotopic (exact) mass is 379 g/mol. The number of rotatable bonds is 7. The summed E-state index contributed by atoms with van der Waals surface area (Å²) in [4.78, 5) is 14.6. The predicted octanol–water partition coefficient (Wildman–Crippen LogP) is 3.90. The Morgan fingerprint density at radius 2 is 1.86 bits per heavy atom. The summed E-state index contributed by atoms with van der Waals surface area (Å²) >= 11 is 0. The SMILES string of the molecule is CO[C@@H](c1ccccc1)[C@@H](C)/C=C/CC(=O)N1Cc2ccccc2C[C@H]1CO. The molecule has 1 heterocycles. The van der Waals surface area contributed by atoms with Crippen molar-refractivity contribution in [2.24, 2.45) is 5.92 Å². The van der Waals surface area contributed by atoms with Crippen molar-refractivity contribution in [3.8, 4) is 0 Å². The first-order valence-corrected chi connectivity index (χ1v) is 9.85. The molecule has 2 aromatic carbocycles. The zero-order valence-electron chi connectivity index (χ0n) is 16.6. The summed E-state index contributed by atoms with van der Waals surface area (Å²) in [5.41, 5.74) is 3.52. The Hall–Kier alpha value is -2.43. The van der Waals surface area contributed by atoms with Gasteiger partial charge in [0.2, 0.25) is 5.91 Å². The topological polar surface area (TPSA) is 49.8 Å². The number of methoxy groups -OCH3 is 1. The lowest BCUT2D eigenvalue weighted by atomic mass is 9.94. The minimum atomic E-state index is -0.149. The quantitative estimate of drug-likeness (QED) is 0.742. The highest BCUT2D eigenvalue weighted by Crippen LogP contribution is 2.27. The van der Waals surface area contributed by atoms with Crippen molar-refractivity contribution in [3.63, 3.8) is 0 Å². The Labute approximate surface area is 167 Å². The number of fused-ring (bicyclic) bond motifs is 1. The molecule has 1 N–H and O–H groups in total. The molecule has 28 heavy (non-hydrogen) atoms. The molecule has 2 aromatic rings. The summed E-state index contributed by atoms with van der Waals surface area (Å²) in [7, 11) is 1.71. The van der Waals surface area contributed by atoms with Crippen LogP contribution in [0.15, 0.2) is 66.7 Å². The first kappa shape index (κ1) is 20.3. The van der Waals surface area contributed by atoms with Gasteiger partial charge in [-0.2, -0.15) is 0 Å². The second-order valence-corrected chi connectivity index (χ2v) is 7.39. The summed E-state index contributed by atoms with van der Waals surface area (Å²) < 4.78 is 5.67. The summed E-state index contributed by atoms with van der Waals surface area (Å²) in [6.07, 6.45) is 4.97. The van der Waals surface area contributed by atoms with E-state index >= 15 is 0 Å². The maximum Gasteiger partial charge on any atom is 0.227 e.